The first-order chi connectivity index (χ1) is 14.9. The minimum atomic E-state index is -0.537. The summed E-state index contributed by atoms with van der Waals surface area (Å²) in [5, 5.41) is 5.55. The lowest BCUT2D eigenvalue weighted by atomic mass is 10.1. The van der Waals surface area contributed by atoms with E-state index in [9.17, 15) is 14.4 Å². The van der Waals surface area contributed by atoms with Crippen molar-refractivity contribution < 1.29 is 13.9 Å². The van der Waals surface area contributed by atoms with Crippen LogP contribution in [0.15, 0.2) is 44.7 Å². The largest absolute Gasteiger partial charge is 0.461 e. The molecule has 4 rings (SSSR count). The Hall–Kier alpha value is -3.46. The maximum absolute atomic E-state index is 12.5. The van der Waals surface area contributed by atoms with Crippen LogP contribution in [0.1, 0.15) is 24.5 Å². The molecule has 4 aromatic rings. The Labute approximate surface area is 180 Å². The lowest BCUT2D eigenvalue weighted by molar-refractivity contribution is -0.145. The van der Waals surface area contributed by atoms with Gasteiger partial charge in [-0.3, -0.25) is 18.8 Å². The minimum absolute atomic E-state index is 0.0343. The van der Waals surface area contributed by atoms with Gasteiger partial charge in [0.2, 0.25) is 0 Å². The third-order valence-corrected chi connectivity index (χ3v) is 5.39. The number of rotatable bonds is 6. The Morgan fingerprint density at radius 3 is 2.77 bits per heavy atom. The van der Waals surface area contributed by atoms with Gasteiger partial charge in [0, 0.05) is 35.6 Å². The molecule has 9 nitrogen and oxygen atoms in total. The number of hydrogen-bond donors (Lipinski definition) is 0. The van der Waals surface area contributed by atoms with Crippen LogP contribution in [0.2, 0.25) is 5.02 Å². The number of benzene rings is 1. The standard InChI is InChI=1S/C21H19ClN4O5/c1-3-12-6-17-14(8-16(12)22)13(7-19(28)31-17)10-30-18(27)4-5-26-11-23-20-15(21(26)29)9-24-25(20)2/h6-9,11H,3-5,10H2,1-2H3. The van der Waals surface area contributed by atoms with Crippen molar-refractivity contribution in [2.75, 3.05) is 0 Å². The molecule has 3 aromatic heterocycles. The zero-order chi connectivity index (χ0) is 22.1. The Morgan fingerprint density at radius 2 is 2.00 bits per heavy atom. The minimum Gasteiger partial charge on any atom is -0.461 e. The highest BCUT2D eigenvalue weighted by Gasteiger charge is 2.13. The monoisotopic (exact) mass is 442 g/mol. The van der Waals surface area contributed by atoms with Crippen LogP contribution in [0, 0.1) is 0 Å². The van der Waals surface area contributed by atoms with Crippen LogP contribution >= 0.6 is 11.6 Å². The van der Waals surface area contributed by atoms with E-state index in [1.807, 2.05) is 6.92 Å². The van der Waals surface area contributed by atoms with E-state index in [4.69, 9.17) is 20.8 Å². The number of halogens is 1. The molecule has 0 aliphatic rings. The molecule has 0 amide bonds. The molecular weight excluding hydrogens is 424 g/mol. The fraction of sp³-hybridized carbons (Fsp3) is 0.286. The first-order valence-corrected chi connectivity index (χ1v) is 10.0. The molecule has 10 heteroatoms. The number of ether oxygens (including phenoxy) is 1. The average Bonchev–Trinajstić information content (AvgIpc) is 3.13. The van der Waals surface area contributed by atoms with Crippen LogP contribution in [0.4, 0.5) is 0 Å². The lowest BCUT2D eigenvalue weighted by Gasteiger charge is -2.10. The van der Waals surface area contributed by atoms with Crippen LogP contribution in [0.3, 0.4) is 0 Å². The molecule has 160 valence electrons. The van der Waals surface area contributed by atoms with E-state index in [2.05, 4.69) is 10.1 Å². The van der Waals surface area contributed by atoms with Gasteiger partial charge in [-0.2, -0.15) is 5.10 Å². The summed E-state index contributed by atoms with van der Waals surface area (Å²) in [6, 6.07) is 4.71. The molecule has 1 aromatic carbocycles. The number of hydrogen-bond acceptors (Lipinski definition) is 7. The highest BCUT2D eigenvalue weighted by molar-refractivity contribution is 6.32. The third kappa shape index (κ3) is 4.09. The smallest absolute Gasteiger partial charge is 0.336 e. The Morgan fingerprint density at radius 1 is 1.19 bits per heavy atom. The molecule has 0 atom stereocenters. The Kier molecular flexibility index (Phi) is 5.60. The van der Waals surface area contributed by atoms with Gasteiger partial charge in [-0.25, -0.2) is 9.78 Å². The van der Waals surface area contributed by atoms with E-state index in [0.29, 0.717) is 39.0 Å². The van der Waals surface area contributed by atoms with Gasteiger partial charge in [-0.15, -0.1) is 0 Å². The van der Waals surface area contributed by atoms with Crippen molar-refractivity contribution in [1.82, 2.24) is 19.3 Å². The molecule has 0 N–H and O–H groups in total. The zero-order valence-electron chi connectivity index (χ0n) is 16.9. The second-order valence-corrected chi connectivity index (χ2v) is 7.45. The molecule has 0 unspecified atom stereocenters. The van der Waals surface area contributed by atoms with E-state index < -0.39 is 11.6 Å². The summed E-state index contributed by atoms with van der Waals surface area (Å²) in [6.45, 7) is 1.94. The molecule has 0 aliphatic carbocycles. The van der Waals surface area contributed by atoms with Gasteiger partial charge in [0.25, 0.3) is 5.56 Å². The summed E-state index contributed by atoms with van der Waals surface area (Å²) in [6.07, 6.45) is 3.48. The van der Waals surface area contributed by atoms with Gasteiger partial charge in [-0.1, -0.05) is 18.5 Å². The van der Waals surface area contributed by atoms with E-state index in [1.165, 1.54) is 27.8 Å². The zero-order valence-corrected chi connectivity index (χ0v) is 17.7. The molecule has 0 saturated heterocycles. The quantitative estimate of drug-likeness (QED) is 0.333. The van der Waals surface area contributed by atoms with E-state index >= 15 is 0 Å². The first kappa shape index (κ1) is 20.8. The van der Waals surface area contributed by atoms with Gasteiger partial charge in [0.15, 0.2) is 5.65 Å². The van der Waals surface area contributed by atoms with Crippen molar-refractivity contribution in [2.24, 2.45) is 7.05 Å². The second kappa shape index (κ2) is 8.35. The van der Waals surface area contributed by atoms with E-state index in [-0.39, 0.29) is 25.1 Å². The van der Waals surface area contributed by atoms with Gasteiger partial charge in [-0.05, 0) is 24.1 Å². The van der Waals surface area contributed by atoms with Crippen molar-refractivity contribution >= 4 is 39.6 Å². The van der Waals surface area contributed by atoms with Gasteiger partial charge >= 0.3 is 11.6 Å². The molecule has 0 spiro atoms. The molecule has 0 radical (unpaired) electrons. The number of esters is 1. The summed E-state index contributed by atoms with van der Waals surface area (Å²) in [5.41, 5.74) is 1.41. The molecule has 0 fully saturated rings. The predicted octanol–water partition coefficient (Wildman–Crippen LogP) is 2.59. The van der Waals surface area contributed by atoms with Gasteiger partial charge < -0.3 is 9.15 Å². The second-order valence-electron chi connectivity index (χ2n) is 7.04. The Balaban J connectivity index is 1.47. The normalized spacial score (nSPS) is 11.3. The summed E-state index contributed by atoms with van der Waals surface area (Å²) in [4.78, 5) is 40.8. The molecule has 0 bridgehead atoms. The summed E-state index contributed by atoms with van der Waals surface area (Å²) < 4.78 is 13.4. The van der Waals surface area contributed by atoms with E-state index in [1.54, 1.807) is 19.2 Å². The molecule has 31 heavy (non-hydrogen) atoms. The highest BCUT2D eigenvalue weighted by Crippen LogP contribution is 2.26. The van der Waals surface area contributed by atoms with Crippen LogP contribution in [-0.2, 0) is 36.2 Å². The molecule has 0 saturated carbocycles. The van der Waals surface area contributed by atoms with Crippen LogP contribution in [0.5, 0.6) is 0 Å². The van der Waals surface area contributed by atoms with Crippen LogP contribution in [-0.4, -0.2) is 25.3 Å². The molecule has 0 aliphatic heterocycles. The fourth-order valence-electron chi connectivity index (χ4n) is 3.35. The Bertz CT molecular complexity index is 1420. The van der Waals surface area contributed by atoms with Crippen LogP contribution < -0.4 is 11.2 Å². The highest BCUT2D eigenvalue weighted by atomic mass is 35.5. The molecule has 3 heterocycles. The maximum atomic E-state index is 12.5. The first-order valence-electron chi connectivity index (χ1n) is 9.65. The van der Waals surface area contributed by atoms with E-state index in [0.717, 1.165) is 5.56 Å². The van der Waals surface area contributed by atoms with Gasteiger partial charge in [0.05, 0.1) is 18.9 Å². The summed E-state index contributed by atoms with van der Waals surface area (Å²) >= 11 is 6.28. The lowest BCUT2D eigenvalue weighted by Crippen LogP contribution is -2.22. The van der Waals surface area contributed by atoms with Crippen LogP contribution in [0.25, 0.3) is 22.0 Å². The number of aromatic nitrogens is 4. The third-order valence-electron chi connectivity index (χ3n) is 5.04. The van der Waals surface area contributed by atoms with Crippen molar-refractivity contribution in [3.8, 4) is 0 Å². The summed E-state index contributed by atoms with van der Waals surface area (Å²) in [5.74, 6) is -0.518. The molecular formula is C21H19ClN4O5. The van der Waals surface area contributed by atoms with Crippen molar-refractivity contribution in [1.29, 1.82) is 0 Å². The summed E-state index contributed by atoms with van der Waals surface area (Å²) in [7, 11) is 1.70. The number of aryl methyl sites for hydroxylation is 3. The number of carbonyl (C=O) groups excluding carboxylic acids is 1. The maximum Gasteiger partial charge on any atom is 0.336 e. The average molecular weight is 443 g/mol. The fourth-order valence-corrected chi connectivity index (χ4v) is 3.64. The van der Waals surface area contributed by atoms with Crippen molar-refractivity contribution in [3.63, 3.8) is 0 Å². The SMILES string of the molecule is CCc1cc2oc(=O)cc(COC(=O)CCn3cnc4c(cnn4C)c3=O)c2cc1Cl. The number of carbonyl (C=O) groups is 1. The van der Waals surface area contributed by atoms with Gasteiger partial charge in [0.1, 0.15) is 17.6 Å². The van der Waals surface area contributed by atoms with Crippen molar-refractivity contribution in [3.05, 3.63) is 67.6 Å². The number of fused-ring (bicyclic) bond motifs is 2. The predicted molar refractivity (Wildman–Crippen MR) is 114 cm³/mol. The topological polar surface area (TPSA) is 109 Å². The number of nitrogens with zero attached hydrogens (tertiary/aromatic N) is 4. The van der Waals surface area contributed by atoms with Crippen molar-refractivity contribution in [2.45, 2.75) is 32.9 Å².